The van der Waals surface area contributed by atoms with Gasteiger partial charge in [-0.2, -0.15) is 0 Å². The lowest BCUT2D eigenvalue weighted by molar-refractivity contribution is 0.243. The van der Waals surface area contributed by atoms with Gasteiger partial charge in [-0.15, -0.1) is 0 Å². The van der Waals surface area contributed by atoms with Gasteiger partial charge in [-0.25, -0.2) is 4.99 Å². The van der Waals surface area contributed by atoms with Gasteiger partial charge in [0.25, 0.3) is 0 Å². The normalized spacial score (nSPS) is 16.8. The van der Waals surface area contributed by atoms with Crippen molar-refractivity contribution in [2.75, 3.05) is 57.8 Å². The number of anilines is 1. The highest BCUT2D eigenvalue weighted by Gasteiger charge is 2.18. The molecule has 0 aliphatic carbocycles. The molecular weight excluding hydrogens is 398 g/mol. The zero-order chi connectivity index (χ0) is 21.9. The molecule has 1 atom stereocenters. The van der Waals surface area contributed by atoms with Gasteiger partial charge in [-0.3, -0.25) is 0 Å². The monoisotopic (exact) mass is 437 g/mol. The minimum Gasteiger partial charge on any atom is -0.396 e. The molecule has 1 aliphatic rings. The standard InChI is InChI=1S/C23H40ClN5O/c1-5-25-23(26-16-19(9-14-30)15-18(2)3)27-17-20-21(24)7-6-8-22(20)29-12-10-28(4)11-13-29/h6-8,18-19,30H,5,9-17H2,1-4H3,(H2,25,26,27). The Bertz CT molecular complexity index is 659. The van der Waals surface area contributed by atoms with Crippen molar-refractivity contribution in [3.63, 3.8) is 0 Å². The summed E-state index contributed by atoms with van der Waals surface area (Å²) in [5, 5.41) is 17.0. The van der Waals surface area contributed by atoms with Crippen LogP contribution in [-0.4, -0.2) is 68.9 Å². The van der Waals surface area contributed by atoms with E-state index in [1.165, 1.54) is 5.69 Å². The van der Waals surface area contributed by atoms with E-state index in [0.29, 0.717) is 18.4 Å². The molecule has 1 unspecified atom stereocenters. The van der Waals surface area contributed by atoms with E-state index >= 15 is 0 Å². The molecule has 1 aliphatic heterocycles. The molecule has 170 valence electrons. The summed E-state index contributed by atoms with van der Waals surface area (Å²) in [6, 6.07) is 6.13. The Morgan fingerprint density at radius 3 is 2.57 bits per heavy atom. The number of hydrogen-bond donors (Lipinski definition) is 3. The van der Waals surface area contributed by atoms with Crippen LogP contribution < -0.4 is 15.5 Å². The first-order chi connectivity index (χ1) is 14.4. The molecule has 0 aromatic heterocycles. The number of rotatable bonds is 10. The number of nitrogens with zero attached hydrogens (tertiary/aromatic N) is 3. The van der Waals surface area contributed by atoms with Crippen molar-refractivity contribution in [3.05, 3.63) is 28.8 Å². The van der Waals surface area contributed by atoms with E-state index in [0.717, 1.165) is 68.7 Å². The third-order valence-corrected chi connectivity index (χ3v) is 5.93. The Morgan fingerprint density at radius 2 is 1.93 bits per heavy atom. The fourth-order valence-corrected chi connectivity index (χ4v) is 4.17. The van der Waals surface area contributed by atoms with Crippen LogP contribution in [0.15, 0.2) is 23.2 Å². The molecule has 0 saturated carbocycles. The van der Waals surface area contributed by atoms with Crippen LogP contribution in [0.25, 0.3) is 0 Å². The average molecular weight is 438 g/mol. The van der Waals surface area contributed by atoms with E-state index in [1.54, 1.807) is 0 Å². The van der Waals surface area contributed by atoms with Crippen LogP contribution in [0, 0.1) is 11.8 Å². The number of likely N-dealkylation sites (N-methyl/N-ethyl adjacent to an activating group) is 1. The van der Waals surface area contributed by atoms with Crippen molar-refractivity contribution in [2.45, 2.75) is 40.2 Å². The van der Waals surface area contributed by atoms with Crippen molar-refractivity contribution >= 4 is 23.2 Å². The van der Waals surface area contributed by atoms with Gasteiger partial charge in [0.2, 0.25) is 0 Å². The highest BCUT2D eigenvalue weighted by Crippen LogP contribution is 2.29. The summed E-state index contributed by atoms with van der Waals surface area (Å²) in [6.45, 7) is 13.0. The Labute approximate surface area is 187 Å². The molecule has 2 rings (SSSR count). The van der Waals surface area contributed by atoms with E-state index in [2.05, 4.69) is 54.3 Å². The molecule has 0 spiro atoms. The van der Waals surface area contributed by atoms with E-state index in [1.807, 2.05) is 12.1 Å². The Kier molecular flexibility index (Phi) is 10.8. The highest BCUT2D eigenvalue weighted by molar-refractivity contribution is 6.31. The van der Waals surface area contributed by atoms with Crippen molar-refractivity contribution in [1.82, 2.24) is 15.5 Å². The topological polar surface area (TPSA) is 63.1 Å². The highest BCUT2D eigenvalue weighted by atomic mass is 35.5. The molecular formula is C23H40ClN5O. The number of halogens is 1. The second-order valence-corrected chi connectivity index (χ2v) is 9.02. The maximum absolute atomic E-state index is 9.38. The smallest absolute Gasteiger partial charge is 0.191 e. The van der Waals surface area contributed by atoms with Gasteiger partial charge in [0.05, 0.1) is 6.54 Å². The van der Waals surface area contributed by atoms with Gasteiger partial charge >= 0.3 is 0 Å². The second-order valence-electron chi connectivity index (χ2n) is 8.61. The fourth-order valence-electron chi connectivity index (χ4n) is 3.94. The minimum atomic E-state index is 0.223. The number of benzene rings is 1. The number of piperazine rings is 1. The number of hydrogen-bond acceptors (Lipinski definition) is 4. The number of aliphatic hydroxyl groups is 1. The molecule has 1 saturated heterocycles. The summed E-state index contributed by atoms with van der Waals surface area (Å²) in [5.41, 5.74) is 2.27. The van der Waals surface area contributed by atoms with Crippen LogP contribution in [0.4, 0.5) is 5.69 Å². The summed E-state index contributed by atoms with van der Waals surface area (Å²) in [7, 11) is 2.16. The number of guanidine groups is 1. The predicted octanol–water partition coefficient (Wildman–Crippen LogP) is 3.19. The van der Waals surface area contributed by atoms with Crippen LogP contribution in [-0.2, 0) is 6.54 Å². The molecule has 0 bridgehead atoms. The van der Waals surface area contributed by atoms with Gasteiger partial charge in [0.1, 0.15) is 0 Å². The van der Waals surface area contributed by atoms with Gasteiger partial charge in [-0.1, -0.05) is 31.5 Å². The number of aliphatic imine (C=N–C) groups is 1. The molecule has 7 heteroatoms. The van der Waals surface area contributed by atoms with Crippen molar-refractivity contribution in [2.24, 2.45) is 16.8 Å². The Hall–Kier alpha value is -1.50. The SMILES string of the molecule is CCNC(=NCc1c(Cl)cccc1N1CCN(C)CC1)NCC(CCO)CC(C)C. The third kappa shape index (κ3) is 7.97. The molecule has 0 radical (unpaired) electrons. The summed E-state index contributed by atoms with van der Waals surface area (Å²) in [6.07, 6.45) is 1.90. The molecule has 1 heterocycles. The van der Waals surface area contributed by atoms with Crippen molar-refractivity contribution in [1.29, 1.82) is 0 Å². The van der Waals surface area contributed by atoms with Crippen LogP contribution in [0.1, 0.15) is 39.2 Å². The quantitative estimate of drug-likeness (QED) is 0.387. The second kappa shape index (κ2) is 13.0. The molecule has 3 N–H and O–H groups in total. The Morgan fingerprint density at radius 1 is 1.20 bits per heavy atom. The predicted molar refractivity (Wildman–Crippen MR) is 129 cm³/mol. The lowest BCUT2D eigenvalue weighted by Gasteiger charge is -2.35. The zero-order valence-corrected chi connectivity index (χ0v) is 19.9. The molecule has 0 amide bonds. The van der Waals surface area contributed by atoms with Crippen molar-refractivity contribution in [3.8, 4) is 0 Å². The molecule has 6 nitrogen and oxygen atoms in total. The zero-order valence-electron chi connectivity index (χ0n) is 19.1. The Balaban J connectivity index is 2.10. The number of nitrogens with one attached hydrogen (secondary N) is 2. The summed E-state index contributed by atoms with van der Waals surface area (Å²) < 4.78 is 0. The first-order valence-electron chi connectivity index (χ1n) is 11.3. The van der Waals surface area contributed by atoms with Gasteiger partial charge in [0, 0.05) is 62.1 Å². The first-order valence-corrected chi connectivity index (χ1v) is 11.7. The summed E-state index contributed by atoms with van der Waals surface area (Å²) in [5.74, 6) is 1.84. The minimum absolute atomic E-state index is 0.223. The molecule has 1 fully saturated rings. The summed E-state index contributed by atoms with van der Waals surface area (Å²) >= 11 is 6.59. The van der Waals surface area contributed by atoms with Gasteiger partial charge < -0.3 is 25.5 Å². The molecule has 30 heavy (non-hydrogen) atoms. The van der Waals surface area contributed by atoms with Crippen LogP contribution in [0.2, 0.25) is 5.02 Å². The van der Waals surface area contributed by atoms with E-state index in [4.69, 9.17) is 16.6 Å². The van der Waals surface area contributed by atoms with Gasteiger partial charge in [0.15, 0.2) is 5.96 Å². The lowest BCUT2D eigenvalue weighted by atomic mass is 9.94. The molecule has 1 aromatic rings. The van der Waals surface area contributed by atoms with Crippen molar-refractivity contribution < 1.29 is 5.11 Å². The largest absolute Gasteiger partial charge is 0.396 e. The van der Waals surface area contributed by atoms with E-state index in [9.17, 15) is 5.11 Å². The van der Waals surface area contributed by atoms with E-state index in [-0.39, 0.29) is 6.61 Å². The van der Waals surface area contributed by atoms with Crippen LogP contribution in [0.5, 0.6) is 0 Å². The third-order valence-electron chi connectivity index (χ3n) is 5.58. The van der Waals surface area contributed by atoms with E-state index < -0.39 is 0 Å². The summed E-state index contributed by atoms with van der Waals surface area (Å²) in [4.78, 5) is 9.60. The molecule has 1 aromatic carbocycles. The first kappa shape index (κ1) is 24.8. The van der Waals surface area contributed by atoms with Crippen LogP contribution >= 0.6 is 11.6 Å². The average Bonchev–Trinajstić information content (AvgIpc) is 2.71. The number of aliphatic hydroxyl groups excluding tert-OH is 1. The maximum Gasteiger partial charge on any atom is 0.191 e. The van der Waals surface area contributed by atoms with Gasteiger partial charge in [-0.05, 0) is 50.8 Å². The maximum atomic E-state index is 9.38. The fraction of sp³-hybridized carbons (Fsp3) is 0.696. The lowest BCUT2D eigenvalue weighted by Crippen LogP contribution is -2.44. The van der Waals surface area contributed by atoms with Crippen LogP contribution in [0.3, 0.4) is 0 Å².